The predicted molar refractivity (Wildman–Crippen MR) is 106 cm³/mol. The van der Waals surface area contributed by atoms with E-state index in [1.54, 1.807) is 29.2 Å². The molecule has 6 nitrogen and oxygen atoms in total. The van der Waals surface area contributed by atoms with E-state index >= 15 is 0 Å². The molecule has 0 spiro atoms. The van der Waals surface area contributed by atoms with Crippen LogP contribution >= 0.6 is 0 Å². The maximum Gasteiger partial charge on any atom is 0.261 e. The van der Waals surface area contributed by atoms with E-state index in [0.29, 0.717) is 18.8 Å². The number of rotatable bonds is 10. The van der Waals surface area contributed by atoms with Gasteiger partial charge in [0.2, 0.25) is 5.91 Å². The number of benzene rings is 2. The first-order chi connectivity index (χ1) is 13.4. The highest BCUT2D eigenvalue weighted by atomic mass is 32.2. The lowest BCUT2D eigenvalue weighted by molar-refractivity contribution is -0.131. The van der Waals surface area contributed by atoms with Gasteiger partial charge in [0.25, 0.3) is 10.0 Å². The standard InChI is InChI=1S/C20H25FN2O4S/c1-2-3-12-23(13-14-24)20(25)15-16-4-8-18(9-5-16)22-28(26,27)19-10-6-17(21)7-11-19/h4-11,22,24H,2-3,12-15H2,1H3. The minimum absolute atomic E-state index is 0.0382. The van der Waals surface area contributed by atoms with Crippen molar-refractivity contribution in [1.82, 2.24) is 4.90 Å². The molecular weight excluding hydrogens is 383 g/mol. The van der Waals surface area contributed by atoms with Crippen molar-refractivity contribution in [1.29, 1.82) is 0 Å². The molecule has 152 valence electrons. The van der Waals surface area contributed by atoms with E-state index in [0.717, 1.165) is 30.5 Å². The summed E-state index contributed by atoms with van der Waals surface area (Å²) in [4.78, 5) is 14.0. The molecule has 8 heteroatoms. The van der Waals surface area contributed by atoms with E-state index in [4.69, 9.17) is 5.11 Å². The van der Waals surface area contributed by atoms with Gasteiger partial charge >= 0.3 is 0 Å². The number of nitrogens with zero attached hydrogens (tertiary/aromatic N) is 1. The van der Waals surface area contributed by atoms with Crippen molar-refractivity contribution in [2.75, 3.05) is 24.4 Å². The minimum Gasteiger partial charge on any atom is -0.395 e. The molecule has 0 saturated heterocycles. The number of anilines is 1. The van der Waals surface area contributed by atoms with Gasteiger partial charge in [0.15, 0.2) is 0 Å². The molecule has 1 amide bonds. The fraction of sp³-hybridized carbons (Fsp3) is 0.350. The van der Waals surface area contributed by atoms with Crippen molar-refractivity contribution >= 4 is 21.6 Å². The van der Waals surface area contributed by atoms with Crippen molar-refractivity contribution in [3.8, 4) is 0 Å². The highest BCUT2D eigenvalue weighted by Gasteiger charge is 2.15. The molecule has 0 saturated carbocycles. The van der Waals surface area contributed by atoms with Gasteiger partial charge in [-0.25, -0.2) is 12.8 Å². The lowest BCUT2D eigenvalue weighted by Crippen LogP contribution is -2.35. The lowest BCUT2D eigenvalue weighted by atomic mass is 10.1. The van der Waals surface area contributed by atoms with Gasteiger partial charge in [-0.2, -0.15) is 0 Å². The fourth-order valence-electron chi connectivity index (χ4n) is 2.64. The number of carbonyl (C=O) groups is 1. The Kier molecular flexibility index (Phi) is 7.95. The summed E-state index contributed by atoms with van der Waals surface area (Å²) in [6.07, 6.45) is 2.00. The molecule has 0 aliphatic rings. The summed E-state index contributed by atoms with van der Waals surface area (Å²) in [5.74, 6) is -0.593. The molecule has 0 atom stereocenters. The van der Waals surface area contributed by atoms with Gasteiger partial charge in [0.05, 0.1) is 17.9 Å². The number of hydrogen-bond acceptors (Lipinski definition) is 4. The molecule has 2 N–H and O–H groups in total. The summed E-state index contributed by atoms with van der Waals surface area (Å²) in [5.41, 5.74) is 1.09. The second-order valence-corrected chi connectivity index (χ2v) is 8.07. The zero-order valence-electron chi connectivity index (χ0n) is 15.8. The first kappa shape index (κ1) is 21.8. The largest absolute Gasteiger partial charge is 0.395 e. The summed E-state index contributed by atoms with van der Waals surface area (Å²) in [7, 11) is -3.82. The van der Waals surface area contributed by atoms with Gasteiger partial charge < -0.3 is 10.0 Å². The Morgan fingerprint density at radius 2 is 1.71 bits per heavy atom. The maximum atomic E-state index is 13.0. The zero-order chi connectivity index (χ0) is 20.6. The number of carbonyl (C=O) groups excluding carboxylic acids is 1. The number of nitrogens with one attached hydrogen (secondary N) is 1. The Hall–Kier alpha value is -2.45. The molecule has 0 fully saturated rings. The molecule has 28 heavy (non-hydrogen) atoms. The van der Waals surface area contributed by atoms with Crippen molar-refractivity contribution in [2.45, 2.75) is 31.1 Å². The Labute approximate surface area is 165 Å². The number of aliphatic hydroxyl groups excluding tert-OH is 1. The van der Waals surface area contributed by atoms with Gasteiger partial charge in [-0.3, -0.25) is 9.52 Å². The molecule has 0 aromatic heterocycles. The number of unbranched alkanes of at least 4 members (excludes halogenated alkanes) is 1. The Bertz CT molecular complexity index is 868. The van der Waals surface area contributed by atoms with Gasteiger partial charge in [-0.05, 0) is 48.4 Å². The highest BCUT2D eigenvalue weighted by Crippen LogP contribution is 2.17. The van der Waals surface area contributed by atoms with Crippen LogP contribution in [0.2, 0.25) is 0 Å². The number of aliphatic hydroxyl groups is 1. The number of halogens is 1. The van der Waals surface area contributed by atoms with Gasteiger partial charge in [-0.15, -0.1) is 0 Å². The fourth-order valence-corrected chi connectivity index (χ4v) is 3.69. The molecule has 2 rings (SSSR count). The SMILES string of the molecule is CCCCN(CCO)C(=O)Cc1ccc(NS(=O)(=O)c2ccc(F)cc2)cc1. The van der Waals surface area contributed by atoms with Crippen LogP contribution in [0.4, 0.5) is 10.1 Å². The van der Waals surface area contributed by atoms with E-state index in [2.05, 4.69) is 4.72 Å². The Morgan fingerprint density at radius 1 is 1.07 bits per heavy atom. The van der Waals surface area contributed by atoms with Gasteiger partial charge in [0.1, 0.15) is 5.82 Å². The van der Waals surface area contributed by atoms with Crippen molar-refractivity contribution in [2.24, 2.45) is 0 Å². The third kappa shape index (κ3) is 6.31. The van der Waals surface area contributed by atoms with Crippen LogP contribution in [0.15, 0.2) is 53.4 Å². The number of hydrogen-bond donors (Lipinski definition) is 2. The van der Waals surface area contributed by atoms with Crippen LogP contribution in [0, 0.1) is 5.82 Å². The molecule has 0 bridgehead atoms. The third-order valence-electron chi connectivity index (χ3n) is 4.19. The first-order valence-corrected chi connectivity index (χ1v) is 10.6. The van der Waals surface area contributed by atoms with Crippen molar-refractivity contribution in [3.05, 3.63) is 59.9 Å². The summed E-state index contributed by atoms with van der Waals surface area (Å²) in [5, 5.41) is 9.12. The monoisotopic (exact) mass is 408 g/mol. The molecule has 0 aliphatic carbocycles. The molecular formula is C20H25FN2O4S. The van der Waals surface area contributed by atoms with Crippen LogP contribution in [0.5, 0.6) is 0 Å². The van der Waals surface area contributed by atoms with Crippen LogP contribution in [0.1, 0.15) is 25.3 Å². The van der Waals surface area contributed by atoms with E-state index < -0.39 is 15.8 Å². The van der Waals surface area contributed by atoms with E-state index in [9.17, 15) is 17.6 Å². The van der Waals surface area contributed by atoms with Crippen LogP contribution in [-0.2, 0) is 21.2 Å². The lowest BCUT2D eigenvalue weighted by Gasteiger charge is -2.21. The van der Waals surface area contributed by atoms with Crippen LogP contribution in [-0.4, -0.2) is 44.0 Å². The molecule has 2 aromatic rings. The number of amides is 1. The first-order valence-electron chi connectivity index (χ1n) is 9.11. The molecule has 0 aliphatic heterocycles. The Balaban J connectivity index is 2.02. The minimum atomic E-state index is -3.82. The summed E-state index contributed by atoms with van der Waals surface area (Å²) < 4.78 is 40.0. The van der Waals surface area contributed by atoms with Crippen LogP contribution < -0.4 is 4.72 Å². The molecule has 0 unspecified atom stereocenters. The number of sulfonamides is 1. The normalized spacial score (nSPS) is 11.2. The summed E-state index contributed by atoms with van der Waals surface area (Å²) in [6, 6.07) is 11.1. The molecule has 0 radical (unpaired) electrons. The molecule has 2 aromatic carbocycles. The van der Waals surface area contributed by atoms with Crippen molar-refractivity contribution < 1.29 is 22.7 Å². The second-order valence-electron chi connectivity index (χ2n) is 6.39. The van der Waals surface area contributed by atoms with Crippen molar-refractivity contribution in [3.63, 3.8) is 0 Å². The zero-order valence-corrected chi connectivity index (χ0v) is 16.6. The summed E-state index contributed by atoms with van der Waals surface area (Å²) >= 11 is 0. The quantitative estimate of drug-likeness (QED) is 0.633. The average Bonchev–Trinajstić information content (AvgIpc) is 2.66. The summed E-state index contributed by atoms with van der Waals surface area (Å²) in [6.45, 7) is 2.85. The Morgan fingerprint density at radius 3 is 2.29 bits per heavy atom. The molecule has 0 heterocycles. The van der Waals surface area contributed by atoms with Crippen LogP contribution in [0.3, 0.4) is 0 Å². The average molecular weight is 408 g/mol. The topological polar surface area (TPSA) is 86.7 Å². The predicted octanol–water partition coefficient (Wildman–Crippen LogP) is 2.79. The van der Waals surface area contributed by atoms with Gasteiger partial charge in [-0.1, -0.05) is 25.5 Å². The van der Waals surface area contributed by atoms with Gasteiger partial charge in [0, 0.05) is 18.8 Å². The maximum absolute atomic E-state index is 13.0. The highest BCUT2D eigenvalue weighted by molar-refractivity contribution is 7.92. The third-order valence-corrected chi connectivity index (χ3v) is 5.59. The van der Waals surface area contributed by atoms with Crippen LogP contribution in [0.25, 0.3) is 0 Å². The smallest absolute Gasteiger partial charge is 0.261 e. The van der Waals surface area contributed by atoms with E-state index in [1.165, 1.54) is 12.1 Å². The van der Waals surface area contributed by atoms with E-state index in [-0.39, 0.29) is 23.8 Å². The second kappa shape index (κ2) is 10.2. The van der Waals surface area contributed by atoms with E-state index in [1.807, 2.05) is 6.92 Å².